The molecule has 150 valence electrons. The van der Waals surface area contributed by atoms with Crippen molar-refractivity contribution in [1.29, 1.82) is 0 Å². The summed E-state index contributed by atoms with van der Waals surface area (Å²) in [6.07, 6.45) is 9.05. The third kappa shape index (κ3) is 43.0. The van der Waals surface area contributed by atoms with Crippen LogP contribution >= 0.6 is 0 Å². The van der Waals surface area contributed by atoms with Crippen molar-refractivity contribution >= 4 is 10.4 Å². The van der Waals surface area contributed by atoms with Crippen molar-refractivity contribution in [2.75, 3.05) is 33.0 Å². The molecule has 0 aromatic heterocycles. The number of ether oxygens (including phenoxy) is 1. The van der Waals surface area contributed by atoms with Crippen molar-refractivity contribution in [2.45, 2.75) is 72.1 Å². The highest BCUT2D eigenvalue weighted by molar-refractivity contribution is 7.80. The molecule has 0 aliphatic rings. The molecular formula is C16H38O7S. The van der Waals surface area contributed by atoms with Crippen molar-refractivity contribution < 1.29 is 32.1 Å². The van der Waals surface area contributed by atoms with Crippen LogP contribution in [-0.2, 0) is 19.3 Å². The van der Waals surface area contributed by atoms with Gasteiger partial charge >= 0.3 is 10.4 Å². The van der Waals surface area contributed by atoms with E-state index >= 15 is 0 Å². The van der Waals surface area contributed by atoms with E-state index in [4.69, 9.17) is 19.5 Å². The number of hydrogen-bond acceptors (Lipinski definition) is 6. The zero-order chi connectivity index (χ0) is 19.1. The van der Waals surface area contributed by atoms with E-state index in [2.05, 4.69) is 11.1 Å². The van der Waals surface area contributed by atoms with Crippen LogP contribution in [0.25, 0.3) is 0 Å². The highest BCUT2D eigenvalue weighted by Crippen LogP contribution is 2.08. The molecule has 24 heavy (non-hydrogen) atoms. The first-order chi connectivity index (χ1) is 11.4. The van der Waals surface area contributed by atoms with Crippen LogP contribution in [0.3, 0.4) is 0 Å². The van der Waals surface area contributed by atoms with Crippen molar-refractivity contribution in [2.24, 2.45) is 0 Å². The fraction of sp³-hybridized carbons (Fsp3) is 1.00. The maximum atomic E-state index is 10.2. The Kier molecular flexibility index (Phi) is 29.7. The zero-order valence-electron chi connectivity index (χ0n) is 15.6. The molecule has 0 heterocycles. The zero-order valence-corrected chi connectivity index (χ0v) is 16.4. The number of aliphatic hydroxyl groups is 2. The highest BCUT2D eigenvalue weighted by Gasteiger charge is 2.02. The summed E-state index contributed by atoms with van der Waals surface area (Å²) in [5, 5.41) is 15.2. The normalized spacial score (nSPS) is 10.4. The van der Waals surface area contributed by atoms with Crippen LogP contribution in [0.4, 0.5) is 0 Å². The largest absolute Gasteiger partial charge is 0.397 e. The van der Waals surface area contributed by atoms with Crippen LogP contribution in [0, 0.1) is 0 Å². The Morgan fingerprint density at radius 2 is 1.17 bits per heavy atom. The molecule has 0 unspecified atom stereocenters. The maximum Gasteiger partial charge on any atom is 0.397 e. The van der Waals surface area contributed by atoms with E-state index in [1.54, 1.807) is 0 Å². The van der Waals surface area contributed by atoms with Gasteiger partial charge in [-0.15, -0.1) is 0 Å². The quantitative estimate of drug-likeness (QED) is 0.335. The fourth-order valence-corrected chi connectivity index (χ4v) is 1.93. The molecule has 0 aliphatic heterocycles. The van der Waals surface area contributed by atoms with Gasteiger partial charge in [0.1, 0.15) is 0 Å². The Morgan fingerprint density at radius 3 is 1.46 bits per heavy atom. The number of hydrogen-bond donors (Lipinski definition) is 3. The first-order valence-corrected chi connectivity index (χ1v) is 10.2. The number of aliphatic hydroxyl groups excluding tert-OH is 2. The summed E-state index contributed by atoms with van der Waals surface area (Å²) in [5.74, 6) is 0. The summed E-state index contributed by atoms with van der Waals surface area (Å²) in [6.45, 7) is 7.69. The van der Waals surface area contributed by atoms with Gasteiger partial charge in [0.15, 0.2) is 0 Å². The van der Waals surface area contributed by atoms with Crippen LogP contribution < -0.4 is 0 Å². The molecule has 0 saturated carbocycles. The molecule has 0 saturated heterocycles. The molecular weight excluding hydrogens is 336 g/mol. The van der Waals surface area contributed by atoms with Gasteiger partial charge in [-0.25, -0.2) is 4.18 Å². The second-order valence-electron chi connectivity index (χ2n) is 4.95. The van der Waals surface area contributed by atoms with Crippen molar-refractivity contribution in [3.8, 4) is 0 Å². The van der Waals surface area contributed by atoms with Crippen molar-refractivity contribution in [1.82, 2.24) is 0 Å². The molecule has 0 aromatic rings. The van der Waals surface area contributed by atoms with E-state index in [1.807, 2.05) is 13.8 Å². The Hall–Kier alpha value is -0.250. The van der Waals surface area contributed by atoms with Gasteiger partial charge in [-0.1, -0.05) is 51.9 Å². The summed E-state index contributed by atoms with van der Waals surface area (Å²) in [6, 6.07) is 0. The molecule has 0 bridgehead atoms. The van der Waals surface area contributed by atoms with Crippen LogP contribution in [0.15, 0.2) is 0 Å². The Bertz CT molecular complexity index is 291. The lowest BCUT2D eigenvalue weighted by molar-refractivity contribution is 0.162. The van der Waals surface area contributed by atoms with Crippen LogP contribution in [0.1, 0.15) is 72.1 Å². The van der Waals surface area contributed by atoms with E-state index in [1.165, 1.54) is 32.1 Å². The highest BCUT2D eigenvalue weighted by atomic mass is 32.3. The van der Waals surface area contributed by atoms with Gasteiger partial charge < -0.3 is 14.9 Å². The minimum absolute atomic E-state index is 0.0911. The van der Waals surface area contributed by atoms with Crippen molar-refractivity contribution in [3.05, 3.63) is 0 Å². The van der Waals surface area contributed by atoms with E-state index < -0.39 is 10.4 Å². The van der Waals surface area contributed by atoms with Crippen LogP contribution in [-0.4, -0.2) is 56.2 Å². The van der Waals surface area contributed by atoms with Gasteiger partial charge in [0, 0.05) is 13.2 Å². The summed E-state index contributed by atoms with van der Waals surface area (Å²) in [4.78, 5) is 0. The Balaban J connectivity index is -0.000000402. The van der Waals surface area contributed by atoms with Gasteiger partial charge in [-0.05, 0) is 20.3 Å². The van der Waals surface area contributed by atoms with Gasteiger partial charge in [-0.3, -0.25) is 4.55 Å². The number of rotatable bonds is 13. The smallest absolute Gasteiger partial charge is 0.394 e. The SMILES string of the molecule is CCCCCCCCCCOS(=O)(=O)O.CCOCC.OCCO. The van der Waals surface area contributed by atoms with E-state index in [9.17, 15) is 8.42 Å². The minimum atomic E-state index is -4.23. The Labute approximate surface area is 148 Å². The minimum Gasteiger partial charge on any atom is -0.394 e. The third-order valence-corrected chi connectivity index (χ3v) is 3.20. The molecule has 0 amide bonds. The molecule has 8 heteroatoms. The molecule has 7 nitrogen and oxygen atoms in total. The van der Waals surface area contributed by atoms with Gasteiger partial charge in [0.2, 0.25) is 0 Å². The van der Waals surface area contributed by atoms with E-state index in [0.717, 1.165) is 26.1 Å². The van der Waals surface area contributed by atoms with Crippen LogP contribution in [0.2, 0.25) is 0 Å². The lowest BCUT2D eigenvalue weighted by Gasteiger charge is -2.01. The number of unbranched alkanes of at least 4 members (excludes halogenated alkanes) is 7. The standard InChI is InChI=1S/C10H22O4S.C4H10O.C2H6O2/c1-2-3-4-5-6-7-8-9-10-14-15(11,12)13;1-3-5-4-2;3-1-2-4/h2-10H2,1H3,(H,11,12,13);3-4H2,1-2H3;3-4H,1-2H2. The predicted molar refractivity (Wildman–Crippen MR) is 96.4 cm³/mol. The molecule has 0 aliphatic carbocycles. The third-order valence-electron chi connectivity index (χ3n) is 2.74. The van der Waals surface area contributed by atoms with E-state index in [0.29, 0.717) is 6.42 Å². The first-order valence-electron chi connectivity index (χ1n) is 8.80. The second-order valence-corrected chi connectivity index (χ2v) is 6.04. The van der Waals surface area contributed by atoms with E-state index in [-0.39, 0.29) is 19.8 Å². The summed E-state index contributed by atoms with van der Waals surface area (Å²) in [5.41, 5.74) is 0. The topological polar surface area (TPSA) is 113 Å². The molecule has 0 spiro atoms. The van der Waals surface area contributed by atoms with Gasteiger partial charge in [-0.2, -0.15) is 8.42 Å². The monoisotopic (exact) mass is 374 g/mol. The summed E-state index contributed by atoms with van der Waals surface area (Å²) in [7, 11) is -4.23. The summed E-state index contributed by atoms with van der Waals surface area (Å²) < 4.78 is 37.6. The maximum absolute atomic E-state index is 10.2. The van der Waals surface area contributed by atoms with Crippen LogP contribution in [0.5, 0.6) is 0 Å². The second kappa shape index (κ2) is 25.0. The fourth-order valence-electron chi connectivity index (χ4n) is 1.60. The molecule has 0 atom stereocenters. The van der Waals surface area contributed by atoms with Gasteiger partial charge in [0.25, 0.3) is 0 Å². The Morgan fingerprint density at radius 1 is 0.750 bits per heavy atom. The first kappa shape index (κ1) is 28.5. The van der Waals surface area contributed by atoms with Crippen molar-refractivity contribution in [3.63, 3.8) is 0 Å². The molecule has 3 N–H and O–H groups in total. The molecule has 0 radical (unpaired) electrons. The molecule has 0 rings (SSSR count). The lowest BCUT2D eigenvalue weighted by Crippen LogP contribution is -2.04. The predicted octanol–water partition coefficient (Wildman–Crippen LogP) is 2.96. The van der Waals surface area contributed by atoms with Gasteiger partial charge in [0.05, 0.1) is 19.8 Å². The average molecular weight is 375 g/mol. The lowest BCUT2D eigenvalue weighted by atomic mass is 10.1. The molecule has 0 aromatic carbocycles. The average Bonchev–Trinajstić information content (AvgIpc) is 2.54. The summed E-state index contributed by atoms with van der Waals surface area (Å²) >= 11 is 0. The molecule has 0 fully saturated rings.